The second-order valence-corrected chi connectivity index (χ2v) is 3.34. The summed E-state index contributed by atoms with van der Waals surface area (Å²) in [7, 11) is 0. The van der Waals surface area contributed by atoms with E-state index in [0.717, 1.165) is 0 Å². The molecule has 0 aliphatic rings. The molecule has 0 radical (unpaired) electrons. The van der Waals surface area contributed by atoms with Gasteiger partial charge in [0.2, 0.25) is 0 Å². The minimum Gasteiger partial charge on any atom is -0.508 e. The van der Waals surface area contributed by atoms with Gasteiger partial charge in [0, 0.05) is 35.3 Å². The molecular formula is C12H10N2O2. The number of phenols is 1. The van der Waals surface area contributed by atoms with Gasteiger partial charge in [-0.3, -0.25) is 9.78 Å². The van der Waals surface area contributed by atoms with E-state index in [0.29, 0.717) is 11.1 Å². The van der Waals surface area contributed by atoms with Gasteiger partial charge in [0.1, 0.15) is 5.75 Å². The number of anilines is 1. The van der Waals surface area contributed by atoms with E-state index in [9.17, 15) is 9.90 Å². The van der Waals surface area contributed by atoms with E-state index >= 15 is 0 Å². The molecule has 0 unspecified atom stereocenters. The number of aromatic nitrogens is 1. The molecule has 1 aromatic carbocycles. The van der Waals surface area contributed by atoms with Gasteiger partial charge in [0.15, 0.2) is 5.78 Å². The van der Waals surface area contributed by atoms with Crippen LogP contribution in [0.3, 0.4) is 0 Å². The highest BCUT2D eigenvalue weighted by molar-refractivity contribution is 6.11. The molecule has 0 saturated carbocycles. The van der Waals surface area contributed by atoms with Crippen LogP contribution in [0.5, 0.6) is 5.75 Å². The Balaban J connectivity index is 2.42. The summed E-state index contributed by atoms with van der Waals surface area (Å²) in [4.78, 5) is 15.8. The lowest BCUT2D eigenvalue weighted by Gasteiger charge is -2.04. The standard InChI is InChI=1S/C12H10N2O2/c13-11-6-9(15)3-4-10(11)12(16)8-2-1-5-14-7-8/h1-7,15H,13H2. The highest BCUT2D eigenvalue weighted by atomic mass is 16.3. The van der Waals surface area contributed by atoms with Gasteiger partial charge in [-0.15, -0.1) is 0 Å². The van der Waals surface area contributed by atoms with E-state index in [4.69, 9.17) is 5.73 Å². The van der Waals surface area contributed by atoms with Gasteiger partial charge in [-0.2, -0.15) is 0 Å². The summed E-state index contributed by atoms with van der Waals surface area (Å²) in [6, 6.07) is 7.63. The summed E-state index contributed by atoms with van der Waals surface area (Å²) in [5, 5.41) is 9.19. The molecule has 80 valence electrons. The van der Waals surface area contributed by atoms with Crippen LogP contribution in [-0.2, 0) is 0 Å². The van der Waals surface area contributed by atoms with Crippen molar-refractivity contribution in [3.63, 3.8) is 0 Å². The third kappa shape index (κ3) is 1.86. The number of aromatic hydroxyl groups is 1. The average molecular weight is 214 g/mol. The van der Waals surface area contributed by atoms with Gasteiger partial charge in [0.25, 0.3) is 0 Å². The van der Waals surface area contributed by atoms with Crippen molar-refractivity contribution in [3.8, 4) is 5.75 Å². The Morgan fingerprint density at radius 3 is 2.75 bits per heavy atom. The Bertz CT molecular complexity index is 524. The van der Waals surface area contributed by atoms with Gasteiger partial charge in [-0.05, 0) is 24.3 Å². The minimum atomic E-state index is -0.203. The van der Waals surface area contributed by atoms with Gasteiger partial charge in [-0.1, -0.05) is 0 Å². The Morgan fingerprint density at radius 2 is 2.12 bits per heavy atom. The molecule has 3 N–H and O–H groups in total. The largest absolute Gasteiger partial charge is 0.508 e. The molecule has 1 heterocycles. The molecule has 0 saturated heterocycles. The molecule has 1 aromatic heterocycles. The van der Waals surface area contributed by atoms with E-state index in [1.165, 1.54) is 24.4 Å². The molecule has 0 aliphatic carbocycles. The monoisotopic (exact) mass is 214 g/mol. The lowest BCUT2D eigenvalue weighted by atomic mass is 10.0. The number of carbonyl (C=O) groups excluding carboxylic acids is 1. The number of pyridine rings is 1. The number of nitrogens with zero attached hydrogens (tertiary/aromatic N) is 1. The van der Waals surface area contributed by atoms with Crippen molar-refractivity contribution in [2.75, 3.05) is 5.73 Å². The third-order valence-corrected chi connectivity index (χ3v) is 2.20. The van der Waals surface area contributed by atoms with Gasteiger partial charge in [0.05, 0.1) is 0 Å². The predicted molar refractivity (Wildman–Crippen MR) is 60.2 cm³/mol. The Hall–Kier alpha value is -2.36. The number of hydrogen-bond acceptors (Lipinski definition) is 4. The van der Waals surface area contributed by atoms with Crippen molar-refractivity contribution < 1.29 is 9.90 Å². The number of ketones is 1. The Kier molecular flexibility index (Phi) is 2.55. The van der Waals surface area contributed by atoms with E-state index in [-0.39, 0.29) is 17.2 Å². The first-order chi connectivity index (χ1) is 7.68. The number of phenolic OH excluding ortho intramolecular Hbond substituents is 1. The van der Waals surface area contributed by atoms with Crippen LogP contribution in [0.1, 0.15) is 15.9 Å². The van der Waals surface area contributed by atoms with Crippen LogP contribution in [0.15, 0.2) is 42.7 Å². The van der Waals surface area contributed by atoms with Crippen LogP contribution in [0, 0.1) is 0 Å². The Morgan fingerprint density at radius 1 is 1.31 bits per heavy atom. The molecule has 0 amide bonds. The zero-order valence-electron chi connectivity index (χ0n) is 8.42. The van der Waals surface area contributed by atoms with Crippen molar-refractivity contribution in [1.82, 2.24) is 4.98 Å². The molecule has 0 fully saturated rings. The van der Waals surface area contributed by atoms with Crippen LogP contribution >= 0.6 is 0 Å². The van der Waals surface area contributed by atoms with E-state index in [1.807, 2.05) is 0 Å². The molecule has 4 nitrogen and oxygen atoms in total. The second-order valence-electron chi connectivity index (χ2n) is 3.34. The van der Waals surface area contributed by atoms with Crippen LogP contribution in [0.4, 0.5) is 5.69 Å². The normalized spacial score (nSPS) is 10.0. The van der Waals surface area contributed by atoms with Crippen LogP contribution in [0.2, 0.25) is 0 Å². The van der Waals surface area contributed by atoms with E-state index in [1.54, 1.807) is 18.3 Å². The first kappa shape index (κ1) is 10.2. The number of benzene rings is 1. The van der Waals surface area contributed by atoms with Gasteiger partial charge < -0.3 is 10.8 Å². The van der Waals surface area contributed by atoms with Crippen LogP contribution in [-0.4, -0.2) is 15.9 Å². The van der Waals surface area contributed by atoms with E-state index in [2.05, 4.69) is 4.98 Å². The quantitative estimate of drug-likeness (QED) is 0.588. The average Bonchev–Trinajstić information content (AvgIpc) is 2.29. The number of nitrogens with two attached hydrogens (primary N) is 1. The summed E-state index contributed by atoms with van der Waals surface area (Å²) in [5.74, 6) is -0.161. The maximum atomic E-state index is 12.0. The highest BCUT2D eigenvalue weighted by Crippen LogP contribution is 2.21. The molecule has 0 bridgehead atoms. The van der Waals surface area contributed by atoms with Gasteiger partial charge in [-0.25, -0.2) is 0 Å². The van der Waals surface area contributed by atoms with Crippen molar-refractivity contribution >= 4 is 11.5 Å². The Labute approximate surface area is 92.4 Å². The summed E-state index contributed by atoms with van der Waals surface area (Å²) in [5.41, 5.74) is 6.76. The van der Waals surface area contributed by atoms with Crippen LogP contribution in [0.25, 0.3) is 0 Å². The summed E-state index contributed by atoms with van der Waals surface area (Å²) in [6.07, 6.45) is 3.07. The summed E-state index contributed by atoms with van der Waals surface area (Å²) < 4.78 is 0. The number of hydrogen-bond donors (Lipinski definition) is 2. The molecule has 16 heavy (non-hydrogen) atoms. The lowest BCUT2D eigenvalue weighted by Crippen LogP contribution is -2.05. The summed E-state index contributed by atoms with van der Waals surface area (Å²) in [6.45, 7) is 0. The molecule has 0 spiro atoms. The number of carbonyl (C=O) groups is 1. The topological polar surface area (TPSA) is 76.2 Å². The zero-order valence-corrected chi connectivity index (χ0v) is 8.42. The van der Waals surface area contributed by atoms with Crippen molar-refractivity contribution in [2.45, 2.75) is 0 Å². The highest BCUT2D eigenvalue weighted by Gasteiger charge is 2.12. The lowest BCUT2D eigenvalue weighted by molar-refractivity contribution is 0.103. The van der Waals surface area contributed by atoms with Gasteiger partial charge >= 0.3 is 0 Å². The molecular weight excluding hydrogens is 204 g/mol. The van der Waals surface area contributed by atoms with Crippen LogP contribution < -0.4 is 5.73 Å². The predicted octanol–water partition coefficient (Wildman–Crippen LogP) is 1.60. The van der Waals surface area contributed by atoms with Crippen molar-refractivity contribution in [1.29, 1.82) is 0 Å². The minimum absolute atomic E-state index is 0.0419. The molecule has 2 rings (SSSR count). The molecule has 4 heteroatoms. The van der Waals surface area contributed by atoms with Crippen molar-refractivity contribution in [3.05, 3.63) is 53.9 Å². The maximum Gasteiger partial charge on any atom is 0.196 e. The zero-order chi connectivity index (χ0) is 11.5. The first-order valence-corrected chi connectivity index (χ1v) is 4.71. The second kappa shape index (κ2) is 4.02. The fourth-order valence-electron chi connectivity index (χ4n) is 1.41. The number of nitrogen functional groups attached to an aromatic ring is 1. The first-order valence-electron chi connectivity index (χ1n) is 4.71. The third-order valence-electron chi connectivity index (χ3n) is 2.20. The molecule has 0 aliphatic heterocycles. The molecule has 2 aromatic rings. The van der Waals surface area contributed by atoms with Crippen molar-refractivity contribution in [2.24, 2.45) is 0 Å². The SMILES string of the molecule is Nc1cc(O)ccc1C(=O)c1cccnc1. The molecule has 0 atom stereocenters. The van der Waals surface area contributed by atoms with E-state index < -0.39 is 0 Å². The number of rotatable bonds is 2. The maximum absolute atomic E-state index is 12.0. The summed E-state index contributed by atoms with van der Waals surface area (Å²) >= 11 is 0. The fourth-order valence-corrected chi connectivity index (χ4v) is 1.41. The fraction of sp³-hybridized carbons (Fsp3) is 0. The smallest absolute Gasteiger partial charge is 0.196 e.